The first kappa shape index (κ1) is 12.5. The van der Waals surface area contributed by atoms with Crippen LogP contribution in [0.15, 0.2) is 24.3 Å². The molecule has 0 aliphatic carbocycles. The van der Waals surface area contributed by atoms with Crippen LogP contribution in [-0.4, -0.2) is 13.1 Å². The molecule has 88 valence electrons. The molecule has 2 nitrogen and oxygen atoms in total. The van der Waals surface area contributed by atoms with Crippen LogP contribution in [0.4, 0.5) is 17.6 Å². The summed E-state index contributed by atoms with van der Waals surface area (Å²) in [5.74, 6) is -1.22. The van der Waals surface area contributed by atoms with Crippen LogP contribution in [0.3, 0.4) is 0 Å². The zero-order chi connectivity index (χ0) is 12.3. The first-order valence-corrected chi connectivity index (χ1v) is 4.25. The number of alkyl halides is 4. The Hall–Kier alpha value is -1.59. The van der Waals surface area contributed by atoms with E-state index in [4.69, 9.17) is 0 Å². The number of ether oxygens (including phenoxy) is 1. The van der Waals surface area contributed by atoms with Crippen molar-refractivity contribution in [3.05, 3.63) is 35.4 Å². The summed E-state index contributed by atoms with van der Waals surface area (Å²) in [5, 5.41) is 0. The topological polar surface area (TPSA) is 26.3 Å². The number of carbonyl (C=O) groups is 1. The van der Waals surface area contributed by atoms with E-state index in [1.54, 1.807) is 0 Å². The van der Waals surface area contributed by atoms with Gasteiger partial charge in [0.1, 0.15) is 0 Å². The Balaban J connectivity index is 3.04. The van der Waals surface area contributed by atoms with Crippen LogP contribution in [0.1, 0.15) is 17.3 Å². The third-order valence-electron chi connectivity index (χ3n) is 1.91. The Morgan fingerprint density at radius 2 is 2.00 bits per heavy atom. The Morgan fingerprint density at radius 1 is 1.38 bits per heavy atom. The molecule has 0 heterocycles. The van der Waals surface area contributed by atoms with Crippen LogP contribution in [0, 0.1) is 0 Å². The van der Waals surface area contributed by atoms with Gasteiger partial charge in [0.15, 0.2) is 0 Å². The number of esters is 1. The highest BCUT2D eigenvalue weighted by Gasteiger charge is 2.32. The third-order valence-corrected chi connectivity index (χ3v) is 1.91. The predicted octanol–water partition coefficient (Wildman–Crippen LogP) is 2.89. The number of halogens is 4. The van der Waals surface area contributed by atoms with Crippen molar-refractivity contribution in [2.24, 2.45) is 0 Å². The zero-order valence-corrected chi connectivity index (χ0v) is 8.22. The second-order valence-corrected chi connectivity index (χ2v) is 3.01. The summed E-state index contributed by atoms with van der Waals surface area (Å²) in [6.07, 6.45) is -6.77. The molecule has 1 unspecified atom stereocenters. The van der Waals surface area contributed by atoms with Crippen molar-refractivity contribution in [2.75, 3.05) is 7.11 Å². The monoisotopic (exact) mass is 236 g/mol. The Bertz CT molecular complexity index is 387. The summed E-state index contributed by atoms with van der Waals surface area (Å²) in [5.41, 5.74) is -1.38. The molecule has 0 fully saturated rings. The van der Waals surface area contributed by atoms with Gasteiger partial charge in [0, 0.05) is 0 Å². The van der Waals surface area contributed by atoms with E-state index in [1.165, 1.54) is 0 Å². The minimum Gasteiger partial charge on any atom is -0.467 e. The number of benzene rings is 1. The second-order valence-electron chi connectivity index (χ2n) is 3.01. The van der Waals surface area contributed by atoms with E-state index in [9.17, 15) is 22.4 Å². The summed E-state index contributed by atoms with van der Waals surface area (Å²) in [6, 6.07) is 3.51. The molecule has 0 aliphatic rings. The zero-order valence-electron chi connectivity index (χ0n) is 8.22. The molecule has 1 aromatic carbocycles. The van der Waals surface area contributed by atoms with Gasteiger partial charge in [-0.2, -0.15) is 13.2 Å². The Labute approximate surface area is 88.8 Å². The minimum atomic E-state index is -4.56. The average Bonchev–Trinajstić information content (AvgIpc) is 2.26. The van der Waals surface area contributed by atoms with Crippen molar-refractivity contribution in [3.63, 3.8) is 0 Å². The molecular weight excluding hydrogens is 228 g/mol. The Kier molecular flexibility index (Phi) is 3.51. The first-order valence-electron chi connectivity index (χ1n) is 4.25. The molecule has 0 amide bonds. The van der Waals surface area contributed by atoms with E-state index in [0.717, 1.165) is 25.3 Å². The van der Waals surface area contributed by atoms with Gasteiger partial charge in [-0.3, -0.25) is 0 Å². The van der Waals surface area contributed by atoms with Crippen molar-refractivity contribution >= 4 is 5.97 Å². The normalized spacial score (nSPS) is 13.3. The van der Waals surface area contributed by atoms with Gasteiger partial charge < -0.3 is 4.74 Å². The highest BCUT2D eigenvalue weighted by Crippen LogP contribution is 2.31. The van der Waals surface area contributed by atoms with Crippen molar-refractivity contribution in [3.8, 4) is 0 Å². The SMILES string of the molecule is COC(=O)C(F)c1cccc(C(F)(F)F)c1. The molecule has 0 N–H and O–H groups in total. The smallest absolute Gasteiger partial charge is 0.416 e. The molecule has 6 heteroatoms. The highest BCUT2D eigenvalue weighted by molar-refractivity contribution is 5.76. The summed E-state index contributed by atoms with van der Waals surface area (Å²) in [4.78, 5) is 10.8. The average molecular weight is 236 g/mol. The second kappa shape index (κ2) is 4.51. The van der Waals surface area contributed by atoms with E-state index in [2.05, 4.69) is 4.74 Å². The van der Waals surface area contributed by atoms with Gasteiger partial charge in [-0.05, 0) is 17.7 Å². The van der Waals surface area contributed by atoms with Crippen LogP contribution < -0.4 is 0 Å². The molecule has 16 heavy (non-hydrogen) atoms. The van der Waals surface area contributed by atoms with Crippen molar-refractivity contribution in [1.82, 2.24) is 0 Å². The van der Waals surface area contributed by atoms with Gasteiger partial charge in [-0.1, -0.05) is 12.1 Å². The highest BCUT2D eigenvalue weighted by atomic mass is 19.4. The first-order chi connectivity index (χ1) is 7.36. The lowest BCUT2D eigenvalue weighted by atomic mass is 10.1. The molecule has 0 radical (unpaired) electrons. The summed E-state index contributed by atoms with van der Waals surface area (Å²) >= 11 is 0. The summed E-state index contributed by atoms with van der Waals surface area (Å²) < 4.78 is 54.2. The standard InChI is InChI=1S/C10H8F4O2/c1-16-9(15)8(11)6-3-2-4-7(5-6)10(12,13)14/h2-5,8H,1H3. The van der Waals surface area contributed by atoms with E-state index in [-0.39, 0.29) is 5.56 Å². The third kappa shape index (κ3) is 2.71. The van der Waals surface area contributed by atoms with Crippen LogP contribution in [0.2, 0.25) is 0 Å². The van der Waals surface area contributed by atoms with Crippen LogP contribution in [0.5, 0.6) is 0 Å². The van der Waals surface area contributed by atoms with Crippen LogP contribution in [-0.2, 0) is 15.7 Å². The van der Waals surface area contributed by atoms with Crippen molar-refractivity contribution in [1.29, 1.82) is 0 Å². The van der Waals surface area contributed by atoms with E-state index in [1.807, 2.05) is 0 Å². The lowest BCUT2D eigenvalue weighted by molar-refractivity contribution is -0.147. The van der Waals surface area contributed by atoms with Gasteiger partial charge >= 0.3 is 12.1 Å². The predicted molar refractivity (Wildman–Crippen MR) is 47.3 cm³/mol. The Morgan fingerprint density at radius 3 is 2.50 bits per heavy atom. The molecule has 0 saturated heterocycles. The molecular formula is C10H8F4O2. The van der Waals surface area contributed by atoms with E-state index in [0.29, 0.717) is 6.07 Å². The lowest BCUT2D eigenvalue weighted by Crippen LogP contribution is -2.11. The van der Waals surface area contributed by atoms with Crippen molar-refractivity contribution < 1.29 is 27.1 Å². The molecule has 1 rings (SSSR count). The van der Waals surface area contributed by atoms with Crippen molar-refractivity contribution in [2.45, 2.75) is 12.3 Å². The molecule has 0 spiro atoms. The van der Waals surface area contributed by atoms with Gasteiger partial charge in [0.25, 0.3) is 0 Å². The number of methoxy groups -OCH3 is 1. The van der Waals surface area contributed by atoms with E-state index >= 15 is 0 Å². The fourth-order valence-corrected chi connectivity index (χ4v) is 1.11. The fourth-order valence-electron chi connectivity index (χ4n) is 1.11. The minimum absolute atomic E-state index is 0.373. The maximum Gasteiger partial charge on any atom is 0.416 e. The molecule has 0 bridgehead atoms. The lowest BCUT2D eigenvalue weighted by Gasteiger charge is -2.10. The number of carbonyl (C=O) groups excluding carboxylic acids is 1. The molecule has 1 atom stereocenters. The number of hydrogen-bond donors (Lipinski definition) is 0. The van der Waals surface area contributed by atoms with Gasteiger partial charge in [-0.25, -0.2) is 9.18 Å². The largest absolute Gasteiger partial charge is 0.467 e. The van der Waals surface area contributed by atoms with Crippen LogP contribution >= 0.6 is 0 Å². The number of hydrogen-bond acceptors (Lipinski definition) is 2. The summed E-state index contributed by atoms with van der Waals surface area (Å²) in [7, 11) is 0.961. The molecule has 0 saturated carbocycles. The quantitative estimate of drug-likeness (QED) is 0.583. The molecule has 0 aromatic heterocycles. The van der Waals surface area contributed by atoms with Gasteiger partial charge in [-0.15, -0.1) is 0 Å². The van der Waals surface area contributed by atoms with Crippen LogP contribution in [0.25, 0.3) is 0 Å². The molecule has 0 aliphatic heterocycles. The van der Waals surface area contributed by atoms with E-state index < -0.39 is 23.9 Å². The number of rotatable bonds is 2. The summed E-state index contributed by atoms with van der Waals surface area (Å²) in [6.45, 7) is 0. The maximum absolute atomic E-state index is 13.3. The fraction of sp³-hybridized carbons (Fsp3) is 0.300. The maximum atomic E-state index is 13.3. The van der Waals surface area contributed by atoms with Gasteiger partial charge in [0.05, 0.1) is 12.7 Å². The van der Waals surface area contributed by atoms with Gasteiger partial charge in [0.2, 0.25) is 6.17 Å². The molecule has 1 aromatic rings.